The molecule has 0 amide bonds. The molecular weight excluding hydrogens is 297 g/mol. The zero-order valence-electron chi connectivity index (χ0n) is 14.1. The quantitative estimate of drug-likeness (QED) is 0.666. The molecule has 3 aromatic rings. The molecule has 0 spiro atoms. The fourth-order valence-corrected chi connectivity index (χ4v) is 4.48. The average Bonchev–Trinajstić information content (AvgIpc) is 2.58. The molecule has 23 heavy (non-hydrogen) atoms. The van der Waals surface area contributed by atoms with E-state index in [1.165, 1.54) is 15.9 Å². The normalized spacial score (nSPS) is 10.3. The van der Waals surface area contributed by atoms with Crippen LogP contribution in [0.4, 0.5) is 0 Å². The highest BCUT2D eigenvalue weighted by Crippen LogP contribution is 2.32. The van der Waals surface area contributed by atoms with Crippen LogP contribution in [0.1, 0.15) is 0 Å². The van der Waals surface area contributed by atoms with Crippen molar-refractivity contribution in [2.24, 2.45) is 0 Å². The zero-order chi connectivity index (χ0) is 16.5. The van der Waals surface area contributed by atoms with Gasteiger partial charge < -0.3 is 4.90 Å². The Balaban J connectivity index is 0.000000433. The van der Waals surface area contributed by atoms with Gasteiger partial charge in [0.25, 0.3) is 0 Å². The maximum atomic E-state index is 2.23. The van der Waals surface area contributed by atoms with Crippen molar-refractivity contribution >= 4 is 23.8 Å². The second kappa shape index (κ2) is 9.25. The molecule has 0 unspecified atom stereocenters. The van der Waals surface area contributed by atoms with Gasteiger partial charge in [-0.3, -0.25) is 0 Å². The Morgan fingerprint density at radius 3 is 0.913 bits per heavy atom. The van der Waals surface area contributed by atoms with Gasteiger partial charge >= 0.3 is 0 Å². The first kappa shape index (κ1) is 17.4. The average molecular weight is 321 g/mol. The van der Waals surface area contributed by atoms with Crippen LogP contribution in [0, 0.1) is 0 Å². The summed E-state index contributed by atoms with van der Waals surface area (Å²) in [5, 5.41) is 4.19. The van der Waals surface area contributed by atoms with E-state index in [0.717, 1.165) is 0 Å². The summed E-state index contributed by atoms with van der Waals surface area (Å²) in [4.78, 5) is 2.00. The standard InChI is InChI=1S/C18H15P.C3H9N/c1-4-10-16(11-5-1)19(17-12-6-2-7-13-17)18-14-8-3-9-15-18;1-4(2)3/h1-15H;1-3H3. The smallest absolute Gasteiger partial charge is 0.0134 e. The van der Waals surface area contributed by atoms with Crippen molar-refractivity contribution in [1.82, 2.24) is 4.90 Å². The van der Waals surface area contributed by atoms with E-state index in [1.807, 2.05) is 26.0 Å². The van der Waals surface area contributed by atoms with Crippen LogP contribution in [0.15, 0.2) is 91.0 Å². The van der Waals surface area contributed by atoms with Gasteiger partial charge in [-0.1, -0.05) is 91.0 Å². The second-order valence-electron chi connectivity index (χ2n) is 5.68. The lowest BCUT2D eigenvalue weighted by Gasteiger charge is -2.18. The minimum Gasteiger partial charge on any atom is -0.312 e. The third-order valence-corrected chi connectivity index (χ3v) is 5.49. The summed E-state index contributed by atoms with van der Waals surface area (Å²) in [6.45, 7) is 0. The van der Waals surface area contributed by atoms with Crippen LogP contribution < -0.4 is 15.9 Å². The minimum absolute atomic E-state index is 0.446. The van der Waals surface area contributed by atoms with Crippen molar-refractivity contribution < 1.29 is 0 Å². The van der Waals surface area contributed by atoms with Gasteiger partial charge in [-0.15, -0.1) is 0 Å². The maximum absolute atomic E-state index is 2.23. The monoisotopic (exact) mass is 321 g/mol. The van der Waals surface area contributed by atoms with E-state index < -0.39 is 7.92 Å². The van der Waals surface area contributed by atoms with Crippen molar-refractivity contribution in [3.8, 4) is 0 Å². The number of nitrogens with zero attached hydrogens (tertiary/aromatic N) is 1. The fraction of sp³-hybridized carbons (Fsp3) is 0.143. The van der Waals surface area contributed by atoms with Crippen LogP contribution >= 0.6 is 7.92 Å². The molecule has 0 atom stereocenters. The molecule has 3 rings (SSSR count). The molecule has 1 nitrogen and oxygen atoms in total. The lowest BCUT2D eigenvalue weighted by molar-refractivity contribution is 0.505. The predicted molar refractivity (Wildman–Crippen MR) is 105 cm³/mol. The number of rotatable bonds is 3. The molecule has 0 fully saturated rings. The number of hydrogen-bond donors (Lipinski definition) is 0. The van der Waals surface area contributed by atoms with E-state index >= 15 is 0 Å². The third-order valence-electron chi connectivity index (χ3n) is 3.04. The van der Waals surface area contributed by atoms with Crippen molar-refractivity contribution in [3.05, 3.63) is 91.0 Å². The van der Waals surface area contributed by atoms with E-state index in [2.05, 4.69) is 91.0 Å². The molecule has 0 heterocycles. The maximum Gasteiger partial charge on any atom is -0.0134 e. The summed E-state index contributed by atoms with van der Waals surface area (Å²) in [5.41, 5.74) is 0. The van der Waals surface area contributed by atoms with E-state index in [0.29, 0.717) is 0 Å². The summed E-state index contributed by atoms with van der Waals surface area (Å²) >= 11 is 0. The predicted octanol–water partition coefficient (Wildman–Crippen LogP) is 3.62. The summed E-state index contributed by atoms with van der Waals surface area (Å²) in [7, 11) is 5.55. The van der Waals surface area contributed by atoms with Gasteiger partial charge in [0.1, 0.15) is 0 Å². The van der Waals surface area contributed by atoms with E-state index in [9.17, 15) is 0 Å². The van der Waals surface area contributed by atoms with E-state index in [4.69, 9.17) is 0 Å². The fourth-order valence-electron chi connectivity index (χ4n) is 2.18. The molecule has 118 valence electrons. The van der Waals surface area contributed by atoms with Crippen LogP contribution in [-0.4, -0.2) is 26.0 Å². The number of hydrogen-bond acceptors (Lipinski definition) is 1. The third kappa shape index (κ3) is 5.63. The Morgan fingerprint density at radius 2 is 0.696 bits per heavy atom. The molecule has 0 radical (unpaired) electrons. The lowest BCUT2D eigenvalue weighted by Crippen LogP contribution is -2.20. The largest absolute Gasteiger partial charge is 0.312 e. The molecule has 0 saturated carbocycles. The Labute approximate surface area is 141 Å². The molecule has 3 aromatic carbocycles. The molecule has 0 aliphatic rings. The first-order valence-electron chi connectivity index (χ1n) is 7.74. The van der Waals surface area contributed by atoms with Gasteiger partial charge in [-0.05, 0) is 45.0 Å². The Bertz CT molecular complexity index is 569. The van der Waals surface area contributed by atoms with Crippen molar-refractivity contribution in [2.75, 3.05) is 21.1 Å². The van der Waals surface area contributed by atoms with Crippen molar-refractivity contribution in [1.29, 1.82) is 0 Å². The van der Waals surface area contributed by atoms with Gasteiger partial charge in [0, 0.05) is 0 Å². The molecule has 0 aliphatic heterocycles. The van der Waals surface area contributed by atoms with Gasteiger partial charge in [-0.25, -0.2) is 0 Å². The van der Waals surface area contributed by atoms with Crippen molar-refractivity contribution in [3.63, 3.8) is 0 Å². The van der Waals surface area contributed by atoms with E-state index in [-0.39, 0.29) is 0 Å². The Kier molecular flexibility index (Phi) is 7.00. The molecular formula is C21H24NP. The zero-order valence-corrected chi connectivity index (χ0v) is 14.9. The second-order valence-corrected chi connectivity index (χ2v) is 7.90. The highest BCUT2D eigenvalue weighted by molar-refractivity contribution is 7.79. The SMILES string of the molecule is CN(C)C.c1ccc(P(c2ccccc2)c2ccccc2)cc1. The summed E-state index contributed by atoms with van der Waals surface area (Å²) in [6, 6.07) is 32.3. The molecule has 0 saturated heterocycles. The first-order chi connectivity index (χ1) is 11.2. The van der Waals surface area contributed by atoms with Gasteiger partial charge in [-0.2, -0.15) is 0 Å². The highest BCUT2D eigenvalue weighted by atomic mass is 31.1. The Hall–Kier alpha value is -1.95. The molecule has 0 aliphatic carbocycles. The molecule has 2 heteroatoms. The first-order valence-corrected chi connectivity index (χ1v) is 9.09. The number of benzene rings is 3. The summed E-state index contributed by atoms with van der Waals surface area (Å²) < 4.78 is 0. The lowest BCUT2D eigenvalue weighted by atomic mass is 10.4. The van der Waals surface area contributed by atoms with Crippen LogP contribution in [0.25, 0.3) is 0 Å². The van der Waals surface area contributed by atoms with Crippen LogP contribution in [-0.2, 0) is 0 Å². The van der Waals surface area contributed by atoms with E-state index in [1.54, 1.807) is 0 Å². The van der Waals surface area contributed by atoms with Gasteiger partial charge in [0.15, 0.2) is 0 Å². The van der Waals surface area contributed by atoms with Gasteiger partial charge in [0.05, 0.1) is 0 Å². The van der Waals surface area contributed by atoms with Crippen LogP contribution in [0.2, 0.25) is 0 Å². The van der Waals surface area contributed by atoms with Crippen molar-refractivity contribution in [2.45, 2.75) is 0 Å². The minimum atomic E-state index is -0.446. The topological polar surface area (TPSA) is 3.24 Å². The van der Waals surface area contributed by atoms with Crippen LogP contribution in [0.3, 0.4) is 0 Å². The molecule has 0 aromatic heterocycles. The van der Waals surface area contributed by atoms with Crippen LogP contribution in [0.5, 0.6) is 0 Å². The summed E-state index contributed by atoms with van der Waals surface area (Å²) in [5.74, 6) is 0. The Morgan fingerprint density at radius 1 is 0.478 bits per heavy atom. The highest BCUT2D eigenvalue weighted by Gasteiger charge is 2.14. The molecule has 0 N–H and O–H groups in total. The van der Waals surface area contributed by atoms with Gasteiger partial charge in [0.2, 0.25) is 0 Å². The summed E-state index contributed by atoms with van der Waals surface area (Å²) in [6.07, 6.45) is 0. The molecule has 0 bridgehead atoms.